The molecule has 7 nitrogen and oxygen atoms in total. The second kappa shape index (κ2) is 8.21. The number of anilines is 1. The molecule has 3 rings (SSSR count). The quantitative estimate of drug-likeness (QED) is 0.746. The van der Waals surface area contributed by atoms with Gasteiger partial charge in [0.1, 0.15) is 10.8 Å². The Balaban J connectivity index is 1.67. The third kappa shape index (κ3) is 4.34. The Morgan fingerprint density at radius 2 is 1.76 bits per heavy atom. The lowest BCUT2D eigenvalue weighted by Crippen LogP contribution is -2.41. The van der Waals surface area contributed by atoms with Crippen LogP contribution in [0.25, 0.3) is 0 Å². The number of carbonyl (C=O) groups is 2. The Morgan fingerprint density at radius 3 is 2.31 bits per heavy atom. The summed E-state index contributed by atoms with van der Waals surface area (Å²) in [4.78, 5) is 25.3. The van der Waals surface area contributed by atoms with Crippen LogP contribution < -0.4 is 11.1 Å². The second-order valence-electron chi connectivity index (χ2n) is 6.97. The van der Waals surface area contributed by atoms with E-state index in [-0.39, 0.29) is 29.8 Å². The van der Waals surface area contributed by atoms with Crippen molar-refractivity contribution in [1.82, 2.24) is 4.31 Å². The predicted molar refractivity (Wildman–Crippen MR) is 109 cm³/mol. The standard InChI is InChI=1S/C19H22FN3O4S2/c1-11-12(2)28-19(16(11)17(21)24)22-18(25)13-7-9-23(10-8-13)29(26,27)15-5-3-14(20)4-6-15/h3-6,13H,7-10H2,1-2H3,(H2,21,24)(H,22,25). The highest BCUT2D eigenvalue weighted by molar-refractivity contribution is 7.89. The zero-order valence-corrected chi connectivity index (χ0v) is 17.7. The summed E-state index contributed by atoms with van der Waals surface area (Å²) in [5, 5.41) is 3.21. The van der Waals surface area contributed by atoms with Crippen LogP contribution in [0.4, 0.5) is 9.39 Å². The smallest absolute Gasteiger partial charge is 0.251 e. The van der Waals surface area contributed by atoms with Gasteiger partial charge in [-0.3, -0.25) is 9.59 Å². The Labute approximate surface area is 172 Å². The molecule has 2 heterocycles. The Kier molecular flexibility index (Phi) is 6.06. The van der Waals surface area contributed by atoms with Gasteiger partial charge in [0.25, 0.3) is 5.91 Å². The highest BCUT2D eigenvalue weighted by Gasteiger charge is 2.32. The van der Waals surface area contributed by atoms with Crippen LogP contribution in [0, 0.1) is 25.6 Å². The molecule has 1 fully saturated rings. The molecule has 0 unspecified atom stereocenters. The van der Waals surface area contributed by atoms with Crippen molar-refractivity contribution < 1.29 is 22.4 Å². The SMILES string of the molecule is Cc1sc(NC(=O)C2CCN(S(=O)(=O)c3ccc(F)cc3)CC2)c(C(N)=O)c1C. The molecule has 29 heavy (non-hydrogen) atoms. The molecular formula is C19H22FN3O4S2. The summed E-state index contributed by atoms with van der Waals surface area (Å²) in [6, 6.07) is 4.68. The van der Waals surface area contributed by atoms with Crippen LogP contribution in [0.1, 0.15) is 33.6 Å². The first-order valence-corrected chi connectivity index (χ1v) is 11.3. The first-order valence-electron chi connectivity index (χ1n) is 9.07. The van der Waals surface area contributed by atoms with Crippen molar-refractivity contribution in [3.63, 3.8) is 0 Å². The van der Waals surface area contributed by atoms with E-state index in [2.05, 4.69) is 5.32 Å². The number of carbonyl (C=O) groups excluding carboxylic acids is 2. The minimum Gasteiger partial charge on any atom is -0.365 e. The largest absolute Gasteiger partial charge is 0.365 e. The van der Waals surface area contributed by atoms with Gasteiger partial charge in [0.05, 0.1) is 10.5 Å². The van der Waals surface area contributed by atoms with Crippen molar-refractivity contribution in [2.24, 2.45) is 11.7 Å². The fourth-order valence-electron chi connectivity index (χ4n) is 3.34. The number of aryl methyl sites for hydroxylation is 1. The molecule has 0 atom stereocenters. The lowest BCUT2D eigenvalue weighted by atomic mass is 9.97. The second-order valence-corrected chi connectivity index (χ2v) is 10.1. The summed E-state index contributed by atoms with van der Waals surface area (Å²) in [5.41, 5.74) is 6.50. The molecule has 1 saturated heterocycles. The minimum absolute atomic E-state index is 0.0254. The van der Waals surface area contributed by atoms with E-state index in [1.807, 2.05) is 6.92 Å². The fraction of sp³-hybridized carbons (Fsp3) is 0.368. The van der Waals surface area contributed by atoms with Crippen molar-refractivity contribution in [3.8, 4) is 0 Å². The first kappa shape index (κ1) is 21.4. The van der Waals surface area contributed by atoms with Crippen LogP contribution in [0.2, 0.25) is 0 Å². The van der Waals surface area contributed by atoms with Crippen molar-refractivity contribution in [1.29, 1.82) is 0 Å². The molecule has 1 aromatic carbocycles. The molecule has 156 valence electrons. The Morgan fingerprint density at radius 1 is 1.17 bits per heavy atom. The summed E-state index contributed by atoms with van der Waals surface area (Å²) in [6.45, 7) is 3.99. The number of halogens is 1. The Bertz CT molecular complexity index is 1040. The van der Waals surface area contributed by atoms with Crippen LogP contribution in [0.15, 0.2) is 29.2 Å². The first-order chi connectivity index (χ1) is 13.6. The summed E-state index contributed by atoms with van der Waals surface area (Å²) >= 11 is 1.30. The van der Waals surface area contributed by atoms with Crippen LogP contribution in [-0.4, -0.2) is 37.6 Å². The maximum Gasteiger partial charge on any atom is 0.251 e. The molecule has 1 aliphatic rings. The van der Waals surface area contributed by atoms with Crippen molar-refractivity contribution in [2.45, 2.75) is 31.6 Å². The molecule has 0 saturated carbocycles. The normalized spacial score (nSPS) is 16.0. The zero-order valence-electron chi connectivity index (χ0n) is 16.1. The van der Waals surface area contributed by atoms with Gasteiger partial charge in [-0.25, -0.2) is 12.8 Å². The highest BCUT2D eigenvalue weighted by atomic mass is 32.2. The number of nitrogens with two attached hydrogens (primary N) is 1. The van der Waals surface area contributed by atoms with Gasteiger partial charge in [0.15, 0.2) is 0 Å². The zero-order chi connectivity index (χ0) is 21.3. The molecule has 10 heteroatoms. The third-order valence-corrected chi connectivity index (χ3v) is 8.18. The maximum absolute atomic E-state index is 13.1. The number of thiophene rings is 1. The molecule has 1 aliphatic heterocycles. The van der Waals surface area contributed by atoms with E-state index in [4.69, 9.17) is 5.73 Å². The number of benzene rings is 1. The van der Waals surface area contributed by atoms with Gasteiger partial charge in [0.2, 0.25) is 15.9 Å². The van der Waals surface area contributed by atoms with Crippen LogP contribution in [0.5, 0.6) is 0 Å². The monoisotopic (exact) mass is 439 g/mol. The van der Waals surface area contributed by atoms with E-state index in [9.17, 15) is 22.4 Å². The maximum atomic E-state index is 13.1. The molecule has 1 aromatic heterocycles. The predicted octanol–water partition coefficient (Wildman–Crippen LogP) is 2.64. The number of amides is 2. The van der Waals surface area contributed by atoms with Gasteiger partial charge in [0, 0.05) is 23.9 Å². The number of piperidine rings is 1. The summed E-state index contributed by atoms with van der Waals surface area (Å²) < 4.78 is 39.7. The third-order valence-electron chi connectivity index (χ3n) is 5.14. The van der Waals surface area contributed by atoms with E-state index in [0.29, 0.717) is 23.4 Å². The van der Waals surface area contributed by atoms with Gasteiger partial charge >= 0.3 is 0 Å². The van der Waals surface area contributed by atoms with Gasteiger partial charge < -0.3 is 11.1 Å². The summed E-state index contributed by atoms with van der Waals surface area (Å²) in [6.07, 6.45) is 0.697. The van der Waals surface area contributed by atoms with Gasteiger partial charge in [-0.15, -0.1) is 11.3 Å². The van der Waals surface area contributed by atoms with Crippen LogP contribution >= 0.6 is 11.3 Å². The molecule has 0 radical (unpaired) electrons. The van der Waals surface area contributed by atoms with Gasteiger partial charge in [-0.05, 0) is 56.5 Å². The molecule has 2 amide bonds. The number of hydrogen-bond acceptors (Lipinski definition) is 5. The van der Waals surface area contributed by atoms with E-state index < -0.39 is 21.7 Å². The van der Waals surface area contributed by atoms with E-state index >= 15 is 0 Å². The Hall–Kier alpha value is -2.30. The topological polar surface area (TPSA) is 110 Å². The number of rotatable bonds is 5. The van der Waals surface area contributed by atoms with Crippen molar-refractivity contribution >= 4 is 38.2 Å². The van der Waals surface area contributed by atoms with E-state index in [1.54, 1.807) is 6.92 Å². The summed E-state index contributed by atoms with van der Waals surface area (Å²) in [7, 11) is -3.73. The number of nitrogens with one attached hydrogen (secondary N) is 1. The number of nitrogens with zero attached hydrogens (tertiary/aromatic N) is 1. The number of primary amides is 1. The average Bonchev–Trinajstić information content (AvgIpc) is 2.95. The lowest BCUT2D eigenvalue weighted by molar-refractivity contribution is -0.120. The van der Waals surface area contributed by atoms with E-state index in [0.717, 1.165) is 22.6 Å². The number of hydrogen-bond donors (Lipinski definition) is 2. The number of sulfonamides is 1. The molecular weight excluding hydrogens is 417 g/mol. The fourth-order valence-corrected chi connectivity index (χ4v) is 5.88. The highest BCUT2D eigenvalue weighted by Crippen LogP contribution is 2.33. The van der Waals surface area contributed by atoms with Gasteiger partial charge in [-0.1, -0.05) is 0 Å². The molecule has 2 aromatic rings. The van der Waals surface area contributed by atoms with Crippen LogP contribution in [0.3, 0.4) is 0 Å². The van der Waals surface area contributed by atoms with Crippen LogP contribution in [-0.2, 0) is 14.8 Å². The molecule has 0 bridgehead atoms. The van der Waals surface area contributed by atoms with Gasteiger partial charge in [-0.2, -0.15) is 4.31 Å². The van der Waals surface area contributed by atoms with Crippen molar-refractivity contribution in [3.05, 3.63) is 46.1 Å². The molecule has 3 N–H and O–H groups in total. The van der Waals surface area contributed by atoms with E-state index in [1.165, 1.54) is 27.8 Å². The lowest BCUT2D eigenvalue weighted by Gasteiger charge is -2.30. The van der Waals surface area contributed by atoms with Crippen molar-refractivity contribution in [2.75, 3.05) is 18.4 Å². The molecule has 0 aliphatic carbocycles. The average molecular weight is 440 g/mol. The molecule has 0 spiro atoms. The summed E-state index contributed by atoms with van der Waals surface area (Å²) in [5.74, 6) is -1.73. The minimum atomic E-state index is -3.73.